The van der Waals surface area contributed by atoms with E-state index in [1.807, 2.05) is 13.0 Å². The van der Waals surface area contributed by atoms with Crippen LogP contribution in [-0.2, 0) is 6.42 Å². The largest absolute Gasteiger partial charge is 0.459 e. The van der Waals surface area contributed by atoms with E-state index in [4.69, 9.17) is 4.42 Å². The summed E-state index contributed by atoms with van der Waals surface area (Å²) in [4.78, 5) is 19.5. The minimum atomic E-state index is -0.177. The van der Waals surface area contributed by atoms with Gasteiger partial charge >= 0.3 is 0 Å². The van der Waals surface area contributed by atoms with Crippen molar-refractivity contribution in [3.63, 3.8) is 0 Å². The van der Waals surface area contributed by atoms with Crippen LogP contribution in [0.1, 0.15) is 28.1 Å². The number of H-pyrrole nitrogens is 1. The Hall–Kier alpha value is -2.49. The monoisotopic (exact) mass is 509 g/mol. The number of carbonyl (C=O) groups excluding carboxylic acids is 1. The molecule has 0 spiro atoms. The zero-order valence-electron chi connectivity index (χ0n) is 16.7. The number of fused-ring (bicyclic) bond motifs is 1. The molecule has 0 radical (unpaired) electrons. The number of nitrogens with one attached hydrogen (secondary N) is 4. The van der Waals surface area contributed by atoms with Crippen LogP contribution in [0.25, 0.3) is 10.9 Å². The van der Waals surface area contributed by atoms with Crippen molar-refractivity contribution in [2.75, 3.05) is 26.7 Å². The number of furan rings is 1. The molecule has 0 saturated heterocycles. The molecule has 0 atom stereocenters. The molecule has 0 saturated carbocycles. The smallest absolute Gasteiger partial charge is 0.287 e. The highest BCUT2D eigenvalue weighted by Gasteiger charge is 2.11. The highest BCUT2D eigenvalue weighted by Crippen LogP contribution is 2.17. The molecule has 2 aromatic heterocycles. The second kappa shape index (κ2) is 11.5. The Labute approximate surface area is 187 Å². The van der Waals surface area contributed by atoms with E-state index >= 15 is 0 Å². The van der Waals surface area contributed by atoms with E-state index in [1.165, 1.54) is 17.2 Å². The Morgan fingerprint density at radius 3 is 2.62 bits per heavy atom. The fraction of sp³-hybridized carbons (Fsp3) is 0.333. The standard InChI is InChI=1S/C21H27N5O2.HI/c1-15-9-13-28-19(15)20(27)23-10-5-11-24-21(22-2)25-12-8-16-14-26-18-7-4-3-6-17(16)18;/h3-4,6-7,9,13-14,26H,5,8,10-12H2,1-2H3,(H,23,27)(H2,22,24,25);1H. The number of hydrogen-bond donors (Lipinski definition) is 4. The van der Waals surface area contributed by atoms with E-state index < -0.39 is 0 Å². The summed E-state index contributed by atoms with van der Waals surface area (Å²) in [6.45, 7) is 3.92. The minimum Gasteiger partial charge on any atom is -0.459 e. The first-order chi connectivity index (χ1) is 13.7. The van der Waals surface area contributed by atoms with Crippen molar-refractivity contribution < 1.29 is 9.21 Å². The quantitative estimate of drug-likeness (QED) is 0.162. The fourth-order valence-corrected chi connectivity index (χ4v) is 3.06. The number of amides is 1. The zero-order valence-corrected chi connectivity index (χ0v) is 19.1. The van der Waals surface area contributed by atoms with E-state index in [2.05, 4.69) is 50.3 Å². The molecule has 1 amide bonds. The normalized spacial score (nSPS) is 11.2. The van der Waals surface area contributed by atoms with E-state index in [1.54, 1.807) is 13.1 Å². The number of aryl methyl sites for hydroxylation is 1. The number of halogens is 1. The van der Waals surface area contributed by atoms with Crippen molar-refractivity contribution in [2.45, 2.75) is 19.8 Å². The van der Waals surface area contributed by atoms with Crippen molar-refractivity contribution in [2.24, 2.45) is 4.99 Å². The van der Waals surface area contributed by atoms with Gasteiger partial charge in [-0.15, -0.1) is 24.0 Å². The molecular weight excluding hydrogens is 481 g/mol. The number of guanidine groups is 1. The second-order valence-corrected chi connectivity index (χ2v) is 6.58. The molecule has 0 fully saturated rings. The third-order valence-electron chi connectivity index (χ3n) is 4.59. The molecule has 3 rings (SSSR count). The molecule has 0 bridgehead atoms. The van der Waals surface area contributed by atoms with Crippen LogP contribution in [0.2, 0.25) is 0 Å². The van der Waals surface area contributed by atoms with E-state index in [-0.39, 0.29) is 29.9 Å². The number of carbonyl (C=O) groups is 1. The molecule has 0 aliphatic heterocycles. The van der Waals surface area contributed by atoms with Crippen LogP contribution in [0.4, 0.5) is 0 Å². The molecule has 0 aliphatic carbocycles. The van der Waals surface area contributed by atoms with Crippen molar-refractivity contribution in [1.82, 2.24) is 20.9 Å². The second-order valence-electron chi connectivity index (χ2n) is 6.58. The maximum atomic E-state index is 12.0. The van der Waals surface area contributed by atoms with Crippen molar-refractivity contribution in [3.05, 3.63) is 59.7 Å². The average Bonchev–Trinajstić information content (AvgIpc) is 3.32. The topological polar surface area (TPSA) is 94.4 Å². The van der Waals surface area contributed by atoms with Crippen LogP contribution in [-0.4, -0.2) is 43.5 Å². The fourth-order valence-electron chi connectivity index (χ4n) is 3.06. The molecule has 0 aliphatic rings. The first kappa shape index (κ1) is 22.8. The maximum Gasteiger partial charge on any atom is 0.287 e. The molecule has 156 valence electrons. The predicted molar refractivity (Wildman–Crippen MR) is 127 cm³/mol. The average molecular weight is 509 g/mol. The first-order valence-corrected chi connectivity index (χ1v) is 9.51. The zero-order chi connectivity index (χ0) is 19.8. The summed E-state index contributed by atoms with van der Waals surface area (Å²) >= 11 is 0. The van der Waals surface area contributed by atoms with Gasteiger partial charge in [0.25, 0.3) is 5.91 Å². The lowest BCUT2D eigenvalue weighted by Crippen LogP contribution is -2.39. The Morgan fingerprint density at radius 2 is 1.86 bits per heavy atom. The van der Waals surface area contributed by atoms with Crippen LogP contribution in [0, 0.1) is 6.92 Å². The van der Waals surface area contributed by atoms with Crippen molar-refractivity contribution in [3.8, 4) is 0 Å². The van der Waals surface area contributed by atoms with Gasteiger partial charge in [-0.3, -0.25) is 9.79 Å². The van der Waals surface area contributed by atoms with Gasteiger partial charge in [-0.1, -0.05) is 18.2 Å². The Morgan fingerprint density at radius 1 is 1.10 bits per heavy atom. The van der Waals surface area contributed by atoms with Crippen LogP contribution in [0.5, 0.6) is 0 Å². The maximum absolute atomic E-state index is 12.0. The number of para-hydroxylation sites is 1. The molecule has 0 unspecified atom stereocenters. The van der Waals surface area contributed by atoms with Gasteiger partial charge in [-0.25, -0.2) is 0 Å². The van der Waals surface area contributed by atoms with Gasteiger partial charge in [0.2, 0.25) is 0 Å². The van der Waals surface area contributed by atoms with Gasteiger partial charge < -0.3 is 25.4 Å². The van der Waals surface area contributed by atoms with Gasteiger partial charge in [0.05, 0.1) is 6.26 Å². The van der Waals surface area contributed by atoms with Gasteiger partial charge in [-0.05, 0) is 37.5 Å². The van der Waals surface area contributed by atoms with Crippen LogP contribution in [0.3, 0.4) is 0 Å². The highest BCUT2D eigenvalue weighted by molar-refractivity contribution is 14.0. The molecule has 8 heteroatoms. The molecule has 29 heavy (non-hydrogen) atoms. The molecule has 7 nitrogen and oxygen atoms in total. The molecule has 3 aromatic rings. The lowest BCUT2D eigenvalue weighted by Gasteiger charge is -2.12. The molecule has 1 aromatic carbocycles. The highest BCUT2D eigenvalue weighted by atomic mass is 127. The summed E-state index contributed by atoms with van der Waals surface area (Å²) in [5, 5.41) is 10.7. The van der Waals surface area contributed by atoms with E-state index in [0.717, 1.165) is 36.4 Å². The summed E-state index contributed by atoms with van der Waals surface area (Å²) < 4.78 is 5.18. The SMILES string of the molecule is CN=C(NCCCNC(=O)c1occc1C)NCCc1c[nH]c2ccccc12.I. The van der Waals surface area contributed by atoms with Gasteiger partial charge in [0.15, 0.2) is 11.7 Å². The number of aromatic nitrogens is 1. The first-order valence-electron chi connectivity index (χ1n) is 9.51. The van der Waals surface area contributed by atoms with Gasteiger partial charge in [0.1, 0.15) is 0 Å². The summed E-state index contributed by atoms with van der Waals surface area (Å²) in [6.07, 6.45) is 5.28. The Kier molecular flexibility index (Phi) is 9.04. The van der Waals surface area contributed by atoms with E-state index in [9.17, 15) is 4.79 Å². The summed E-state index contributed by atoms with van der Waals surface area (Å²) in [6, 6.07) is 10.1. The summed E-state index contributed by atoms with van der Waals surface area (Å²) in [7, 11) is 1.75. The van der Waals surface area contributed by atoms with Gasteiger partial charge in [0, 0.05) is 49.3 Å². The number of hydrogen-bond acceptors (Lipinski definition) is 3. The lowest BCUT2D eigenvalue weighted by molar-refractivity contribution is 0.0925. The van der Waals surface area contributed by atoms with Crippen LogP contribution in [0.15, 0.2) is 52.2 Å². The number of aromatic amines is 1. The Bertz CT molecular complexity index is 947. The molecular formula is C21H28IN5O2. The predicted octanol–water partition coefficient (Wildman–Crippen LogP) is 3.21. The number of benzene rings is 1. The van der Waals surface area contributed by atoms with Crippen molar-refractivity contribution >= 4 is 46.7 Å². The van der Waals surface area contributed by atoms with E-state index in [0.29, 0.717) is 18.8 Å². The molecule has 2 heterocycles. The number of aliphatic imine (C=N–C) groups is 1. The van der Waals surface area contributed by atoms with Gasteiger partial charge in [-0.2, -0.15) is 0 Å². The number of rotatable bonds is 8. The third kappa shape index (κ3) is 6.25. The van der Waals surface area contributed by atoms with Crippen LogP contribution >= 0.6 is 24.0 Å². The summed E-state index contributed by atoms with van der Waals surface area (Å²) in [5.41, 5.74) is 3.29. The van der Waals surface area contributed by atoms with Crippen LogP contribution < -0.4 is 16.0 Å². The minimum absolute atomic E-state index is 0. The summed E-state index contributed by atoms with van der Waals surface area (Å²) in [5.74, 6) is 0.958. The third-order valence-corrected chi connectivity index (χ3v) is 4.59. The van der Waals surface area contributed by atoms with Crippen molar-refractivity contribution in [1.29, 1.82) is 0 Å². The lowest BCUT2D eigenvalue weighted by atomic mass is 10.1. The number of nitrogens with zero attached hydrogens (tertiary/aromatic N) is 1. The molecule has 4 N–H and O–H groups in total. The Balaban J connectivity index is 0.00000300.